The number of benzene rings is 1. The first kappa shape index (κ1) is 17.6. The van der Waals surface area contributed by atoms with Gasteiger partial charge in [-0.1, -0.05) is 6.07 Å². The summed E-state index contributed by atoms with van der Waals surface area (Å²) in [6.45, 7) is 0.812. The van der Waals surface area contributed by atoms with Crippen molar-refractivity contribution in [3.05, 3.63) is 48.8 Å². The third-order valence-electron chi connectivity index (χ3n) is 3.22. The third kappa shape index (κ3) is 6.13. The average Bonchev–Trinajstić information content (AvgIpc) is 2.99. The largest absolute Gasteiger partial charge is 0.354 e. The van der Waals surface area contributed by atoms with Crippen molar-refractivity contribution < 1.29 is 9.59 Å². The maximum Gasteiger partial charge on any atom is 0.333 e. The summed E-state index contributed by atoms with van der Waals surface area (Å²) < 4.78 is 2.04. The summed E-state index contributed by atoms with van der Waals surface area (Å²) in [4.78, 5) is 23.6. The highest BCUT2D eigenvalue weighted by Gasteiger charge is 2.05. The van der Waals surface area contributed by atoms with E-state index in [0.717, 1.165) is 13.0 Å². The van der Waals surface area contributed by atoms with E-state index < -0.39 is 0 Å². The molecule has 3 amide bonds. The number of carbonyl (C=O) groups is 2. The van der Waals surface area contributed by atoms with Crippen LogP contribution in [0.4, 0.5) is 16.2 Å². The summed E-state index contributed by atoms with van der Waals surface area (Å²) in [7, 11) is 3.45. The van der Waals surface area contributed by atoms with E-state index in [9.17, 15) is 9.59 Å². The number of nitrogens with zero attached hydrogens (tertiary/aromatic N) is 2. The van der Waals surface area contributed by atoms with E-state index in [1.54, 1.807) is 43.4 Å². The summed E-state index contributed by atoms with van der Waals surface area (Å²) in [5.74, 6) is -0.0444. The van der Waals surface area contributed by atoms with Crippen molar-refractivity contribution in [2.45, 2.75) is 19.4 Å². The van der Waals surface area contributed by atoms with Crippen LogP contribution in [0.15, 0.2) is 48.8 Å². The van der Waals surface area contributed by atoms with Gasteiger partial charge in [-0.25, -0.2) is 9.80 Å². The highest BCUT2D eigenvalue weighted by molar-refractivity contribution is 5.93. The lowest BCUT2D eigenvalue weighted by atomic mass is 10.2. The highest BCUT2D eigenvalue weighted by atomic mass is 16.2. The van der Waals surface area contributed by atoms with Crippen LogP contribution in [-0.4, -0.2) is 35.6 Å². The molecule has 0 atom stereocenters. The van der Waals surface area contributed by atoms with Crippen LogP contribution in [0.2, 0.25) is 0 Å². The summed E-state index contributed by atoms with van der Waals surface area (Å²) >= 11 is 0. The van der Waals surface area contributed by atoms with E-state index in [1.165, 1.54) is 0 Å². The number of aromatic nitrogens is 1. The van der Waals surface area contributed by atoms with Crippen LogP contribution < -0.4 is 16.1 Å². The number of rotatable bonds is 7. The highest BCUT2D eigenvalue weighted by Crippen LogP contribution is 2.15. The standard InChI is InChI=1S/C17H23N5O2/c1-21(2)20-17(24)19-15-8-5-7-14(13-15)18-16(23)9-6-12-22-10-3-4-11-22/h3-5,7-8,10-11,13H,6,9,12H2,1-2H3,(H,18,23)(H2,19,20,24). The Bertz CT molecular complexity index is 667. The van der Waals surface area contributed by atoms with Gasteiger partial charge in [-0.3, -0.25) is 10.2 Å². The second kappa shape index (κ2) is 8.73. The van der Waals surface area contributed by atoms with Crippen molar-refractivity contribution in [2.24, 2.45) is 0 Å². The van der Waals surface area contributed by atoms with Gasteiger partial charge in [0.05, 0.1) is 0 Å². The normalized spacial score (nSPS) is 10.5. The lowest BCUT2D eigenvalue weighted by molar-refractivity contribution is -0.116. The zero-order valence-electron chi connectivity index (χ0n) is 14.0. The number of aryl methyl sites for hydroxylation is 1. The summed E-state index contributed by atoms with van der Waals surface area (Å²) in [6.07, 6.45) is 5.16. The fourth-order valence-corrected chi connectivity index (χ4v) is 2.20. The Hall–Kier alpha value is -2.80. The monoisotopic (exact) mass is 329 g/mol. The van der Waals surface area contributed by atoms with Crippen LogP contribution in [-0.2, 0) is 11.3 Å². The molecule has 0 bridgehead atoms. The Morgan fingerprint density at radius 3 is 2.38 bits per heavy atom. The molecule has 1 aromatic carbocycles. The Labute approximate surface area is 141 Å². The molecule has 0 aliphatic rings. The topological polar surface area (TPSA) is 78.4 Å². The summed E-state index contributed by atoms with van der Waals surface area (Å²) in [6, 6.07) is 10.6. The van der Waals surface area contributed by atoms with Crippen molar-refractivity contribution in [3.8, 4) is 0 Å². The molecule has 0 aliphatic heterocycles. The van der Waals surface area contributed by atoms with Gasteiger partial charge < -0.3 is 15.2 Å². The Balaban J connectivity index is 1.80. The predicted octanol–water partition coefficient (Wildman–Crippen LogP) is 2.51. The Morgan fingerprint density at radius 2 is 1.71 bits per heavy atom. The maximum absolute atomic E-state index is 12.0. The number of amides is 3. The minimum absolute atomic E-state index is 0.0444. The first-order chi connectivity index (χ1) is 11.5. The van der Waals surface area contributed by atoms with Crippen molar-refractivity contribution in [1.82, 2.24) is 15.0 Å². The molecule has 0 spiro atoms. The van der Waals surface area contributed by atoms with Gasteiger partial charge in [0.15, 0.2) is 0 Å². The Kier molecular flexibility index (Phi) is 6.39. The van der Waals surface area contributed by atoms with E-state index in [1.807, 2.05) is 29.1 Å². The molecule has 1 aromatic heterocycles. The third-order valence-corrected chi connectivity index (χ3v) is 3.22. The van der Waals surface area contributed by atoms with E-state index in [4.69, 9.17) is 0 Å². The predicted molar refractivity (Wildman–Crippen MR) is 94.6 cm³/mol. The molecule has 0 radical (unpaired) electrons. The van der Waals surface area contributed by atoms with E-state index >= 15 is 0 Å². The number of nitrogens with one attached hydrogen (secondary N) is 3. The molecule has 0 unspecified atom stereocenters. The first-order valence-electron chi connectivity index (χ1n) is 7.78. The van der Waals surface area contributed by atoms with Crippen LogP contribution >= 0.6 is 0 Å². The molecule has 7 heteroatoms. The molecule has 24 heavy (non-hydrogen) atoms. The average molecular weight is 329 g/mol. The molecule has 0 fully saturated rings. The number of anilines is 2. The number of hydrogen-bond acceptors (Lipinski definition) is 3. The maximum atomic E-state index is 12.0. The smallest absolute Gasteiger partial charge is 0.333 e. The van der Waals surface area contributed by atoms with Crippen LogP contribution in [0.25, 0.3) is 0 Å². The number of urea groups is 1. The second-order valence-corrected chi connectivity index (χ2v) is 5.61. The molecular formula is C17H23N5O2. The zero-order valence-corrected chi connectivity index (χ0v) is 14.0. The second-order valence-electron chi connectivity index (χ2n) is 5.61. The number of carbonyl (C=O) groups excluding carboxylic acids is 2. The SMILES string of the molecule is CN(C)NC(=O)Nc1cccc(NC(=O)CCCn2cccc2)c1. The molecule has 1 heterocycles. The molecule has 128 valence electrons. The van der Waals surface area contributed by atoms with E-state index in [-0.39, 0.29) is 11.9 Å². The van der Waals surface area contributed by atoms with Crippen LogP contribution in [0.5, 0.6) is 0 Å². The fourth-order valence-electron chi connectivity index (χ4n) is 2.20. The van der Waals surface area contributed by atoms with Crippen LogP contribution in [0.1, 0.15) is 12.8 Å². The lowest BCUT2D eigenvalue weighted by Crippen LogP contribution is -2.39. The van der Waals surface area contributed by atoms with E-state index in [2.05, 4.69) is 16.1 Å². The van der Waals surface area contributed by atoms with Gasteiger partial charge in [-0.2, -0.15) is 0 Å². The quantitative estimate of drug-likeness (QED) is 0.683. The van der Waals surface area contributed by atoms with Crippen LogP contribution in [0, 0.1) is 0 Å². The molecule has 0 saturated heterocycles. The molecule has 3 N–H and O–H groups in total. The first-order valence-corrected chi connectivity index (χ1v) is 7.78. The molecular weight excluding hydrogens is 306 g/mol. The minimum atomic E-state index is -0.338. The van der Waals surface area contributed by atoms with Crippen LogP contribution in [0.3, 0.4) is 0 Å². The summed E-state index contributed by atoms with van der Waals surface area (Å²) in [5, 5.41) is 7.10. The van der Waals surface area contributed by atoms with Gasteiger partial charge in [-0.05, 0) is 36.8 Å². The van der Waals surface area contributed by atoms with Gasteiger partial charge in [0.25, 0.3) is 0 Å². The summed E-state index contributed by atoms with van der Waals surface area (Å²) in [5.41, 5.74) is 3.85. The fraction of sp³-hybridized carbons (Fsp3) is 0.294. The molecule has 0 aliphatic carbocycles. The van der Waals surface area contributed by atoms with Crippen molar-refractivity contribution in [1.29, 1.82) is 0 Å². The zero-order chi connectivity index (χ0) is 17.4. The van der Waals surface area contributed by atoms with Gasteiger partial charge in [0.2, 0.25) is 5.91 Å². The molecule has 0 saturated carbocycles. The van der Waals surface area contributed by atoms with Gasteiger partial charge in [-0.15, -0.1) is 0 Å². The van der Waals surface area contributed by atoms with Gasteiger partial charge in [0.1, 0.15) is 0 Å². The van der Waals surface area contributed by atoms with Crippen molar-refractivity contribution >= 4 is 23.3 Å². The Morgan fingerprint density at radius 1 is 1.04 bits per heavy atom. The molecule has 7 nitrogen and oxygen atoms in total. The molecule has 2 aromatic rings. The van der Waals surface area contributed by atoms with Crippen molar-refractivity contribution in [2.75, 3.05) is 24.7 Å². The minimum Gasteiger partial charge on any atom is -0.354 e. The van der Waals surface area contributed by atoms with Gasteiger partial charge in [0, 0.05) is 50.8 Å². The molecule has 2 rings (SSSR count). The van der Waals surface area contributed by atoms with Gasteiger partial charge >= 0.3 is 6.03 Å². The number of hydrazine groups is 1. The van der Waals surface area contributed by atoms with E-state index in [0.29, 0.717) is 17.8 Å². The lowest BCUT2D eigenvalue weighted by Gasteiger charge is -2.13. The van der Waals surface area contributed by atoms with Crippen molar-refractivity contribution in [3.63, 3.8) is 0 Å². The number of hydrogen-bond donors (Lipinski definition) is 3.